The average molecular weight is 501 g/mol. The van der Waals surface area contributed by atoms with E-state index in [-0.39, 0.29) is 40.4 Å². The maximum Gasteiger partial charge on any atom is 0.273 e. The standard InChI is InChI=1S/C27H34F2N4O3/c1-27(11-5-12-27)31-25(34)20-16-33(18-6-3-2-4-7-18)13-10-22(20)30-26(35)23-15-24(36-32-23)19-9-8-17(28)14-21(19)29/h8-9,14-15,18,20,22H,2-7,10-13,16H2,1H3,(H,30,35)(H,31,34)/t20-,22-/m0/s1. The molecular formula is C27H34F2N4O3. The molecular weight excluding hydrogens is 466 g/mol. The van der Waals surface area contributed by atoms with Gasteiger partial charge in [-0.2, -0.15) is 0 Å². The van der Waals surface area contributed by atoms with E-state index < -0.39 is 17.5 Å². The molecule has 1 aromatic heterocycles. The van der Waals surface area contributed by atoms with Crippen LogP contribution in [-0.2, 0) is 4.79 Å². The summed E-state index contributed by atoms with van der Waals surface area (Å²) in [5, 5.41) is 10.0. The first-order valence-electron chi connectivity index (χ1n) is 13.1. The third-order valence-corrected chi connectivity index (χ3v) is 8.21. The number of halogens is 2. The van der Waals surface area contributed by atoms with Gasteiger partial charge in [0.1, 0.15) is 11.6 Å². The molecule has 2 saturated carbocycles. The van der Waals surface area contributed by atoms with Crippen LogP contribution in [0, 0.1) is 17.6 Å². The minimum absolute atomic E-state index is 0.00597. The predicted octanol–water partition coefficient (Wildman–Crippen LogP) is 4.43. The molecule has 2 aliphatic carbocycles. The number of carbonyl (C=O) groups excluding carboxylic acids is 2. The molecule has 5 rings (SSSR count). The van der Waals surface area contributed by atoms with Crippen LogP contribution in [-0.4, -0.2) is 52.6 Å². The van der Waals surface area contributed by atoms with Crippen LogP contribution in [0.3, 0.4) is 0 Å². The monoisotopic (exact) mass is 500 g/mol. The topological polar surface area (TPSA) is 87.5 Å². The molecule has 2 N–H and O–H groups in total. The molecule has 2 amide bonds. The van der Waals surface area contributed by atoms with E-state index in [0.29, 0.717) is 19.0 Å². The van der Waals surface area contributed by atoms with E-state index in [4.69, 9.17) is 4.52 Å². The number of rotatable bonds is 6. The predicted molar refractivity (Wildman–Crippen MR) is 130 cm³/mol. The van der Waals surface area contributed by atoms with Crippen LogP contribution in [0.25, 0.3) is 11.3 Å². The van der Waals surface area contributed by atoms with Crippen molar-refractivity contribution in [3.63, 3.8) is 0 Å². The number of aromatic nitrogens is 1. The lowest BCUT2D eigenvalue weighted by Gasteiger charge is -2.45. The highest BCUT2D eigenvalue weighted by atomic mass is 19.1. The normalized spacial score (nSPS) is 24.6. The first-order valence-corrected chi connectivity index (χ1v) is 13.1. The van der Waals surface area contributed by atoms with Crippen molar-refractivity contribution >= 4 is 11.8 Å². The SMILES string of the molecule is CC1(NC(=O)[C@H]2CN(C3CCCCC3)CC[C@@H]2NC(=O)c2cc(-c3ccc(F)cc3F)on2)CCC1. The summed E-state index contributed by atoms with van der Waals surface area (Å²) in [6.07, 6.45) is 9.74. The minimum atomic E-state index is -0.797. The van der Waals surface area contributed by atoms with Gasteiger partial charge in [-0.3, -0.25) is 14.5 Å². The molecule has 0 spiro atoms. The van der Waals surface area contributed by atoms with E-state index in [0.717, 1.165) is 50.8 Å². The molecule has 0 bridgehead atoms. The lowest BCUT2D eigenvalue weighted by Crippen LogP contribution is -2.61. The van der Waals surface area contributed by atoms with Crippen molar-refractivity contribution in [1.29, 1.82) is 0 Å². The number of amides is 2. The van der Waals surface area contributed by atoms with E-state index in [9.17, 15) is 18.4 Å². The number of benzene rings is 1. The van der Waals surface area contributed by atoms with E-state index in [1.54, 1.807) is 0 Å². The molecule has 3 aliphatic rings. The van der Waals surface area contributed by atoms with Crippen molar-refractivity contribution in [2.24, 2.45) is 5.92 Å². The van der Waals surface area contributed by atoms with Gasteiger partial charge in [0.2, 0.25) is 5.91 Å². The quantitative estimate of drug-likeness (QED) is 0.613. The van der Waals surface area contributed by atoms with Gasteiger partial charge in [0.05, 0.1) is 11.5 Å². The van der Waals surface area contributed by atoms with Gasteiger partial charge in [-0.1, -0.05) is 24.4 Å². The highest BCUT2D eigenvalue weighted by molar-refractivity contribution is 5.94. The molecule has 194 valence electrons. The lowest BCUT2D eigenvalue weighted by molar-refractivity contribution is -0.131. The Bertz CT molecular complexity index is 1110. The fourth-order valence-electron chi connectivity index (χ4n) is 5.86. The number of piperidine rings is 1. The zero-order chi connectivity index (χ0) is 25.3. The van der Waals surface area contributed by atoms with Crippen molar-refractivity contribution in [3.05, 3.63) is 41.6 Å². The molecule has 1 aliphatic heterocycles. The van der Waals surface area contributed by atoms with E-state index >= 15 is 0 Å². The Morgan fingerprint density at radius 3 is 2.56 bits per heavy atom. The Kier molecular flexibility index (Phi) is 7.10. The fraction of sp³-hybridized carbons (Fsp3) is 0.593. The van der Waals surface area contributed by atoms with Gasteiger partial charge in [-0.15, -0.1) is 0 Å². The number of likely N-dealkylation sites (tertiary alicyclic amines) is 1. The maximum atomic E-state index is 14.1. The number of carbonyl (C=O) groups is 2. The van der Waals surface area contributed by atoms with Crippen molar-refractivity contribution in [2.45, 2.75) is 82.3 Å². The first-order chi connectivity index (χ1) is 17.3. The van der Waals surface area contributed by atoms with Crippen LogP contribution in [0.15, 0.2) is 28.8 Å². The van der Waals surface area contributed by atoms with Gasteiger partial charge in [-0.05, 0) is 57.6 Å². The van der Waals surface area contributed by atoms with Crippen molar-refractivity contribution in [3.8, 4) is 11.3 Å². The molecule has 36 heavy (non-hydrogen) atoms. The Balaban J connectivity index is 1.30. The smallest absolute Gasteiger partial charge is 0.273 e. The van der Waals surface area contributed by atoms with Crippen LogP contribution >= 0.6 is 0 Å². The highest BCUT2D eigenvalue weighted by Crippen LogP contribution is 2.33. The number of hydrogen-bond donors (Lipinski definition) is 2. The second-order valence-corrected chi connectivity index (χ2v) is 10.9. The van der Waals surface area contributed by atoms with Crippen LogP contribution in [0.5, 0.6) is 0 Å². The summed E-state index contributed by atoms with van der Waals surface area (Å²) in [5.74, 6) is -2.32. The number of hydrogen-bond acceptors (Lipinski definition) is 5. The molecule has 3 fully saturated rings. The second-order valence-electron chi connectivity index (χ2n) is 10.9. The van der Waals surface area contributed by atoms with Gasteiger partial charge < -0.3 is 15.2 Å². The van der Waals surface area contributed by atoms with E-state index in [1.165, 1.54) is 31.4 Å². The second kappa shape index (κ2) is 10.3. The molecule has 9 heteroatoms. The Morgan fingerprint density at radius 1 is 1.08 bits per heavy atom. The number of nitrogens with one attached hydrogen (secondary N) is 2. The molecule has 2 atom stereocenters. The summed E-state index contributed by atoms with van der Waals surface area (Å²) in [6.45, 7) is 3.51. The lowest BCUT2D eigenvalue weighted by atomic mass is 9.77. The Labute approximate surface area is 210 Å². The van der Waals surface area contributed by atoms with Gasteiger partial charge in [0, 0.05) is 42.8 Å². The molecule has 1 saturated heterocycles. The molecule has 1 aromatic carbocycles. The Hall–Kier alpha value is -2.81. The molecule has 7 nitrogen and oxygen atoms in total. The van der Waals surface area contributed by atoms with Gasteiger partial charge in [0.25, 0.3) is 5.91 Å². The molecule has 0 radical (unpaired) electrons. The van der Waals surface area contributed by atoms with Crippen LogP contribution < -0.4 is 10.6 Å². The maximum absolute atomic E-state index is 14.1. The summed E-state index contributed by atoms with van der Waals surface area (Å²) in [7, 11) is 0. The fourth-order valence-corrected chi connectivity index (χ4v) is 5.86. The largest absolute Gasteiger partial charge is 0.355 e. The minimum Gasteiger partial charge on any atom is -0.355 e. The van der Waals surface area contributed by atoms with Crippen LogP contribution in [0.1, 0.15) is 75.2 Å². The summed E-state index contributed by atoms with van der Waals surface area (Å²) in [5.41, 5.74) is -0.151. The van der Waals surface area contributed by atoms with Crippen molar-refractivity contribution < 1.29 is 22.9 Å². The average Bonchev–Trinajstić information content (AvgIpc) is 3.34. The molecule has 2 heterocycles. The third kappa shape index (κ3) is 5.31. The van der Waals surface area contributed by atoms with E-state index in [1.807, 2.05) is 0 Å². The molecule has 0 unspecified atom stereocenters. The van der Waals surface area contributed by atoms with Crippen LogP contribution in [0.2, 0.25) is 0 Å². The summed E-state index contributed by atoms with van der Waals surface area (Å²) in [6, 6.07) is 4.61. The first kappa shape index (κ1) is 24.9. The summed E-state index contributed by atoms with van der Waals surface area (Å²) >= 11 is 0. The van der Waals surface area contributed by atoms with Crippen LogP contribution in [0.4, 0.5) is 8.78 Å². The van der Waals surface area contributed by atoms with Crippen molar-refractivity contribution in [2.75, 3.05) is 13.1 Å². The number of nitrogens with zero attached hydrogens (tertiary/aromatic N) is 2. The zero-order valence-corrected chi connectivity index (χ0v) is 20.7. The third-order valence-electron chi connectivity index (χ3n) is 8.21. The van der Waals surface area contributed by atoms with Gasteiger partial charge in [-0.25, -0.2) is 8.78 Å². The Morgan fingerprint density at radius 2 is 1.86 bits per heavy atom. The summed E-state index contributed by atoms with van der Waals surface area (Å²) in [4.78, 5) is 28.9. The highest BCUT2D eigenvalue weighted by Gasteiger charge is 2.41. The van der Waals surface area contributed by atoms with E-state index in [2.05, 4.69) is 27.6 Å². The van der Waals surface area contributed by atoms with Gasteiger partial charge in [0.15, 0.2) is 11.5 Å². The van der Waals surface area contributed by atoms with Crippen molar-refractivity contribution in [1.82, 2.24) is 20.7 Å². The van der Waals surface area contributed by atoms with Gasteiger partial charge >= 0.3 is 0 Å². The zero-order valence-electron chi connectivity index (χ0n) is 20.7. The summed E-state index contributed by atoms with van der Waals surface area (Å²) < 4.78 is 32.6. The molecule has 2 aromatic rings.